The largest absolute Gasteiger partial charge is 0.481 e. The van der Waals surface area contributed by atoms with Crippen molar-refractivity contribution in [3.05, 3.63) is 29.3 Å². The van der Waals surface area contributed by atoms with E-state index in [2.05, 4.69) is 4.72 Å². The van der Waals surface area contributed by atoms with Crippen LogP contribution in [-0.2, 0) is 32.4 Å². The Balaban J connectivity index is 1.70. The Hall–Kier alpha value is -1.44. The Morgan fingerprint density at radius 1 is 1.20 bits per heavy atom. The number of benzene rings is 1. The summed E-state index contributed by atoms with van der Waals surface area (Å²) in [4.78, 5) is 11.8. The van der Waals surface area contributed by atoms with Gasteiger partial charge in [-0.3, -0.25) is 4.79 Å². The molecule has 2 aliphatic rings. The minimum atomic E-state index is -3.71. The summed E-state index contributed by atoms with van der Waals surface area (Å²) in [5, 5.41) is 9.48. The number of aliphatic carboxylic acids is 1. The van der Waals surface area contributed by atoms with Crippen molar-refractivity contribution in [3.63, 3.8) is 0 Å². The highest BCUT2D eigenvalue weighted by atomic mass is 32.2. The number of fused-ring (bicyclic) bond motifs is 1. The smallest absolute Gasteiger partial charge is 0.308 e. The highest BCUT2D eigenvalue weighted by molar-refractivity contribution is 7.89. The average Bonchev–Trinajstić information content (AvgIpc) is 2.62. The number of rotatable bonds is 6. The average molecular weight is 367 g/mol. The van der Waals surface area contributed by atoms with E-state index in [4.69, 9.17) is 4.74 Å². The maximum Gasteiger partial charge on any atom is 0.308 e. The Morgan fingerprint density at radius 3 is 2.56 bits per heavy atom. The van der Waals surface area contributed by atoms with Crippen LogP contribution in [0.15, 0.2) is 23.1 Å². The van der Waals surface area contributed by atoms with E-state index in [1.54, 1.807) is 12.1 Å². The second kappa shape index (κ2) is 7.85. The van der Waals surface area contributed by atoms with Crippen molar-refractivity contribution < 1.29 is 23.1 Å². The topological polar surface area (TPSA) is 92.7 Å². The third-order valence-electron chi connectivity index (χ3n) is 5.28. The van der Waals surface area contributed by atoms with Gasteiger partial charge in [0, 0.05) is 19.8 Å². The molecule has 138 valence electrons. The lowest BCUT2D eigenvalue weighted by Gasteiger charge is -2.27. The molecule has 1 aromatic carbocycles. The van der Waals surface area contributed by atoms with Gasteiger partial charge in [-0.15, -0.1) is 0 Å². The lowest BCUT2D eigenvalue weighted by molar-refractivity contribution is -0.144. The number of hydrogen-bond acceptors (Lipinski definition) is 4. The molecule has 7 heteroatoms. The predicted molar refractivity (Wildman–Crippen MR) is 92.9 cm³/mol. The van der Waals surface area contributed by atoms with E-state index in [9.17, 15) is 18.3 Å². The van der Waals surface area contributed by atoms with Crippen molar-refractivity contribution >= 4 is 16.0 Å². The molecule has 6 nitrogen and oxygen atoms in total. The van der Waals surface area contributed by atoms with Gasteiger partial charge in [0.1, 0.15) is 0 Å². The fourth-order valence-electron chi connectivity index (χ4n) is 3.73. The van der Waals surface area contributed by atoms with Crippen molar-refractivity contribution in [1.82, 2.24) is 4.72 Å². The van der Waals surface area contributed by atoms with Gasteiger partial charge in [-0.1, -0.05) is 6.07 Å². The van der Waals surface area contributed by atoms with Crippen LogP contribution in [-0.4, -0.2) is 39.3 Å². The van der Waals surface area contributed by atoms with Gasteiger partial charge in [0.15, 0.2) is 0 Å². The lowest BCUT2D eigenvalue weighted by atomic mass is 9.86. The number of aryl methyl sites for hydroxylation is 2. The fourth-order valence-corrected chi connectivity index (χ4v) is 4.84. The highest BCUT2D eigenvalue weighted by Crippen LogP contribution is 2.26. The summed E-state index contributed by atoms with van der Waals surface area (Å²) in [6.07, 6.45) is 5.42. The molecule has 1 unspecified atom stereocenters. The van der Waals surface area contributed by atoms with E-state index in [0.29, 0.717) is 26.1 Å². The summed E-state index contributed by atoms with van der Waals surface area (Å²) in [7, 11) is -3.71. The van der Waals surface area contributed by atoms with Crippen LogP contribution in [0.3, 0.4) is 0 Å². The minimum absolute atomic E-state index is 0.0579. The monoisotopic (exact) mass is 367 g/mol. The second-order valence-corrected chi connectivity index (χ2v) is 8.65. The first kappa shape index (κ1) is 18.4. The van der Waals surface area contributed by atoms with Crippen molar-refractivity contribution in [2.75, 3.05) is 19.8 Å². The van der Waals surface area contributed by atoms with Gasteiger partial charge < -0.3 is 9.84 Å². The van der Waals surface area contributed by atoms with Gasteiger partial charge in [-0.05, 0) is 67.7 Å². The molecule has 1 aromatic rings. The standard InChI is InChI=1S/C18H25NO5S/c20-18(21)17(14-7-9-24-10-8-14)12-19-25(22,23)16-6-5-13-3-1-2-4-15(13)11-16/h5-6,11,14,17,19H,1-4,7-10,12H2,(H,20,21). The molecule has 1 heterocycles. The zero-order valence-electron chi connectivity index (χ0n) is 14.2. The molecular formula is C18H25NO5S. The van der Waals surface area contributed by atoms with Crippen LogP contribution in [0.25, 0.3) is 0 Å². The van der Waals surface area contributed by atoms with Gasteiger partial charge in [-0.2, -0.15) is 0 Å². The third-order valence-corrected chi connectivity index (χ3v) is 6.70. The van der Waals surface area contributed by atoms with Gasteiger partial charge in [-0.25, -0.2) is 13.1 Å². The fraction of sp³-hybridized carbons (Fsp3) is 0.611. The third kappa shape index (κ3) is 4.40. The van der Waals surface area contributed by atoms with Gasteiger partial charge >= 0.3 is 5.97 Å². The van der Waals surface area contributed by atoms with Crippen LogP contribution in [0.2, 0.25) is 0 Å². The predicted octanol–water partition coefficient (Wildman–Crippen LogP) is 1.97. The minimum Gasteiger partial charge on any atom is -0.481 e. The van der Waals surface area contributed by atoms with Crippen LogP contribution in [0.4, 0.5) is 0 Å². The van der Waals surface area contributed by atoms with Crippen molar-refractivity contribution in [2.45, 2.75) is 43.4 Å². The molecule has 0 spiro atoms. The molecule has 1 atom stereocenters. The zero-order valence-corrected chi connectivity index (χ0v) is 15.1. The number of hydrogen-bond donors (Lipinski definition) is 2. The van der Waals surface area contributed by atoms with E-state index in [-0.39, 0.29) is 17.4 Å². The number of ether oxygens (including phenoxy) is 1. The van der Waals surface area contributed by atoms with Crippen LogP contribution < -0.4 is 4.72 Å². The highest BCUT2D eigenvalue weighted by Gasteiger charge is 2.31. The number of nitrogens with one attached hydrogen (secondary N) is 1. The van der Waals surface area contributed by atoms with Gasteiger partial charge in [0.2, 0.25) is 10.0 Å². The summed E-state index contributed by atoms with van der Waals surface area (Å²) in [5.41, 5.74) is 2.31. The molecule has 1 aliphatic heterocycles. The van der Waals surface area contributed by atoms with E-state index < -0.39 is 21.9 Å². The van der Waals surface area contributed by atoms with E-state index in [0.717, 1.165) is 31.2 Å². The molecule has 1 fully saturated rings. The number of carbonyl (C=O) groups is 1. The Morgan fingerprint density at radius 2 is 1.88 bits per heavy atom. The first-order chi connectivity index (χ1) is 12.0. The normalized spacial score (nSPS) is 20.0. The van der Waals surface area contributed by atoms with E-state index in [1.165, 1.54) is 5.56 Å². The molecular weight excluding hydrogens is 342 g/mol. The molecule has 0 radical (unpaired) electrons. The summed E-state index contributed by atoms with van der Waals surface area (Å²) >= 11 is 0. The zero-order chi connectivity index (χ0) is 17.9. The Kier molecular flexibility index (Phi) is 5.76. The summed E-state index contributed by atoms with van der Waals surface area (Å²) in [5.74, 6) is -1.74. The maximum atomic E-state index is 12.6. The van der Waals surface area contributed by atoms with E-state index in [1.807, 2.05) is 6.07 Å². The first-order valence-corrected chi connectivity index (χ1v) is 10.4. The van der Waals surface area contributed by atoms with Crippen LogP contribution in [0, 0.1) is 11.8 Å². The molecule has 3 rings (SSSR count). The van der Waals surface area contributed by atoms with Gasteiger partial charge in [0.05, 0.1) is 10.8 Å². The van der Waals surface area contributed by atoms with Crippen molar-refractivity contribution in [3.8, 4) is 0 Å². The van der Waals surface area contributed by atoms with Crippen molar-refractivity contribution in [2.24, 2.45) is 11.8 Å². The number of sulfonamides is 1. The quantitative estimate of drug-likeness (QED) is 0.802. The molecule has 0 aromatic heterocycles. The molecule has 0 amide bonds. The van der Waals surface area contributed by atoms with Crippen molar-refractivity contribution in [1.29, 1.82) is 0 Å². The summed E-state index contributed by atoms with van der Waals surface area (Å²) in [6, 6.07) is 5.24. The first-order valence-electron chi connectivity index (χ1n) is 8.89. The molecule has 1 aliphatic carbocycles. The summed E-state index contributed by atoms with van der Waals surface area (Å²) in [6.45, 7) is 0.984. The number of carboxylic acids is 1. The SMILES string of the molecule is O=C(O)C(CNS(=O)(=O)c1ccc2c(c1)CCCC2)C1CCOCC1. The molecule has 0 saturated carbocycles. The molecule has 2 N–H and O–H groups in total. The Labute approximate surface area is 148 Å². The molecule has 1 saturated heterocycles. The molecule has 25 heavy (non-hydrogen) atoms. The molecule has 0 bridgehead atoms. The van der Waals surface area contributed by atoms with Crippen LogP contribution >= 0.6 is 0 Å². The van der Waals surface area contributed by atoms with Crippen LogP contribution in [0.1, 0.15) is 36.8 Å². The number of carboxylic acid groups (broad SMARTS) is 1. The van der Waals surface area contributed by atoms with Gasteiger partial charge in [0.25, 0.3) is 0 Å². The second-order valence-electron chi connectivity index (χ2n) is 6.88. The maximum absolute atomic E-state index is 12.6. The van der Waals surface area contributed by atoms with Crippen LogP contribution in [0.5, 0.6) is 0 Å². The van der Waals surface area contributed by atoms with E-state index >= 15 is 0 Å². The lowest BCUT2D eigenvalue weighted by Crippen LogP contribution is -2.39. The Bertz CT molecular complexity index is 725. The summed E-state index contributed by atoms with van der Waals surface area (Å²) < 4.78 is 33.0.